The minimum Gasteiger partial charge on any atom is -0.462 e. The zero-order chi connectivity index (χ0) is 14.8. The van der Waals surface area contributed by atoms with Crippen LogP contribution < -0.4 is 0 Å². The molecule has 5 heteroatoms. The Labute approximate surface area is 126 Å². The number of hydrogen-bond donors (Lipinski definition) is 1. The van der Waals surface area contributed by atoms with E-state index in [2.05, 4.69) is 9.97 Å². The monoisotopic (exact) mass is 300 g/mol. The Balaban J connectivity index is 2.30. The molecule has 4 nitrogen and oxygen atoms in total. The second-order valence-electron chi connectivity index (χ2n) is 4.48. The Morgan fingerprint density at radius 2 is 2.05 bits per heavy atom. The molecule has 21 heavy (non-hydrogen) atoms. The molecule has 0 aliphatic heterocycles. The minimum atomic E-state index is -0.405. The molecule has 3 rings (SSSR count). The average Bonchev–Trinajstić information content (AvgIpc) is 2.89. The first-order valence-electron chi connectivity index (χ1n) is 6.61. The van der Waals surface area contributed by atoms with Gasteiger partial charge in [-0.3, -0.25) is 4.98 Å². The first-order valence-corrected chi connectivity index (χ1v) is 6.99. The van der Waals surface area contributed by atoms with E-state index in [0.717, 1.165) is 5.56 Å². The lowest BCUT2D eigenvalue weighted by molar-refractivity contribution is 0.0529. The van der Waals surface area contributed by atoms with Crippen molar-refractivity contribution in [3.8, 4) is 11.3 Å². The highest BCUT2D eigenvalue weighted by atomic mass is 35.5. The second kappa shape index (κ2) is 5.58. The minimum absolute atomic E-state index is 0.306. The molecule has 3 aromatic rings. The Bertz CT molecular complexity index is 797. The van der Waals surface area contributed by atoms with Crippen molar-refractivity contribution >= 4 is 28.6 Å². The molecule has 0 fully saturated rings. The second-order valence-corrected chi connectivity index (χ2v) is 4.89. The van der Waals surface area contributed by atoms with E-state index in [9.17, 15) is 4.79 Å². The van der Waals surface area contributed by atoms with Crippen molar-refractivity contribution in [2.75, 3.05) is 6.61 Å². The van der Waals surface area contributed by atoms with Crippen molar-refractivity contribution in [1.29, 1.82) is 0 Å². The number of esters is 1. The van der Waals surface area contributed by atoms with Gasteiger partial charge in [0, 0.05) is 6.20 Å². The van der Waals surface area contributed by atoms with Crippen molar-refractivity contribution in [2.24, 2.45) is 0 Å². The van der Waals surface area contributed by atoms with Crippen LogP contribution >= 0.6 is 11.6 Å². The Morgan fingerprint density at radius 1 is 1.29 bits per heavy atom. The van der Waals surface area contributed by atoms with Crippen LogP contribution in [0.4, 0.5) is 0 Å². The summed E-state index contributed by atoms with van der Waals surface area (Å²) in [4.78, 5) is 19.8. The first-order chi connectivity index (χ1) is 10.2. The first kappa shape index (κ1) is 13.6. The van der Waals surface area contributed by atoms with Crippen LogP contribution in [0.25, 0.3) is 22.3 Å². The van der Waals surface area contributed by atoms with Gasteiger partial charge in [-0.1, -0.05) is 41.9 Å². The van der Waals surface area contributed by atoms with E-state index in [1.165, 1.54) is 0 Å². The van der Waals surface area contributed by atoms with Crippen LogP contribution in [-0.4, -0.2) is 22.5 Å². The molecule has 0 bridgehead atoms. The number of nitrogens with zero attached hydrogens (tertiary/aromatic N) is 1. The molecule has 0 atom stereocenters. The van der Waals surface area contributed by atoms with Crippen LogP contribution in [0, 0.1) is 0 Å². The third kappa shape index (κ3) is 2.38. The quantitative estimate of drug-likeness (QED) is 0.742. The molecule has 0 saturated heterocycles. The molecule has 0 amide bonds. The highest BCUT2D eigenvalue weighted by Gasteiger charge is 2.22. The number of aromatic amines is 1. The van der Waals surface area contributed by atoms with Gasteiger partial charge in [-0.2, -0.15) is 0 Å². The third-order valence-corrected chi connectivity index (χ3v) is 3.49. The maximum Gasteiger partial charge on any atom is 0.342 e. The fourth-order valence-corrected chi connectivity index (χ4v) is 2.47. The van der Waals surface area contributed by atoms with Gasteiger partial charge < -0.3 is 9.72 Å². The Hall–Kier alpha value is -2.33. The van der Waals surface area contributed by atoms with Gasteiger partial charge in [-0.05, 0) is 18.6 Å². The van der Waals surface area contributed by atoms with E-state index in [1.807, 2.05) is 30.3 Å². The summed E-state index contributed by atoms with van der Waals surface area (Å²) in [7, 11) is 0. The molecular weight excluding hydrogens is 288 g/mol. The highest BCUT2D eigenvalue weighted by molar-refractivity contribution is 6.35. The molecule has 106 valence electrons. The molecule has 1 aromatic carbocycles. The van der Waals surface area contributed by atoms with Gasteiger partial charge in [0.1, 0.15) is 11.1 Å². The van der Waals surface area contributed by atoms with Gasteiger partial charge in [-0.25, -0.2) is 4.79 Å². The van der Waals surface area contributed by atoms with Gasteiger partial charge >= 0.3 is 5.97 Å². The van der Waals surface area contributed by atoms with Gasteiger partial charge in [-0.15, -0.1) is 0 Å². The number of rotatable bonds is 3. The lowest BCUT2D eigenvalue weighted by Gasteiger charge is -2.04. The van der Waals surface area contributed by atoms with Crippen molar-refractivity contribution in [1.82, 2.24) is 9.97 Å². The number of benzene rings is 1. The normalized spacial score (nSPS) is 10.8. The average molecular weight is 301 g/mol. The maximum atomic E-state index is 12.3. The summed E-state index contributed by atoms with van der Waals surface area (Å²) in [5, 5.41) is 0.521. The summed E-state index contributed by atoms with van der Waals surface area (Å²) in [6, 6.07) is 11.3. The van der Waals surface area contributed by atoms with Crippen LogP contribution in [0.2, 0.25) is 5.02 Å². The van der Waals surface area contributed by atoms with Crippen molar-refractivity contribution < 1.29 is 9.53 Å². The number of ether oxygens (including phenoxy) is 1. The number of hydrogen-bond acceptors (Lipinski definition) is 3. The summed E-state index contributed by atoms with van der Waals surface area (Å²) in [5.74, 6) is -0.405. The zero-order valence-electron chi connectivity index (χ0n) is 11.4. The van der Waals surface area contributed by atoms with E-state index in [0.29, 0.717) is 33.9 Å². The predicted octanol–water partition coefficient (Wildman–Crippen LogP) is 4.06. The molecular formula is C16H13ClN2O2. The van der Waals surface area contributed by atoms with E-state index >= 15 is 0 Å². The molecule has 0 spiro atoms. The van der Waals surface area contributed by atoms with Crippen molar-refractivity contribution in [3.05, 3.63) is 53.2 Å². The number of carbonyl (C=O) groups is 1. The Morgan fingerprint density at radius 3 is 2.76 bits per heavy atom. The molecule has 0 radical (unpaired) electrons. The van der Waals surface area contributed by atoms with Gasteiger partial charge in [0.05, 0.1) is 22.8 Å². The van der Waals surface area contributed by atoms with Crippen molar-refractivity contribution in [3.63, 3.8) is 0 Å². The molecule has 2 aromatic heterocycles. The maximum absolute atomic E-state index is 12.3. The number of carbonyl (C=O) groups excluding carboxylic acids is 1. The molecule has 1 N–H and O–H groups in total. The fourth-order valence-electron chi connectivity index (χ4n) is 2.28. The smallest absolute Gasteiger partial charge is 0.342 e. The summed E-state index contributed by atoms with van der Waals surface area (Å²) < 4.78 is 5.15. The summed E-state index contributed by atoms with van der Waals surface area (Å²) in [5.41, 5.74) is 3.14. The number of pyridine rings is 1. The molecule has 0 unspecified atom stereocenters. The van der Waals surface area contributed by atoms with Crippen LogP contribution in [0.1, 0.15) is 17.3 Å². The van der Waals surface area contributed by atoms with Gasteiger partial charge in [0.15, 0.2) is 0 Å². The van der Waals surface area contributed by atoms with E-state index in [4.69, 9.17) is 16.3 Å². The number of H-pyrrole nitrogens is 1. The van der Waals surface area contributed by atoms with Gasteiger partial charge in [0.25, 0.3) is 0 Å². The molecule has 0 aliphatic rings. The number of fused-ring (bicyclic) bond motifs is 1. The zero-order valence-corrected chi connectivity index (χ0v) is 12.1. The van der Waals surface area contributed by atoms with Crippen LogP contribution in [-0.2, 0) is 4.74 Å². The number of nitrogens with one attached hydrogen (secondary N) is 1. The SMILES string of the molecule is CCOC(=O)c1c(-c2ccccc2)[nH]c2c(Cl)ccnc12. The molecule has 2 heterocycles. The summed E-state index contributed by atoms with van der Waals surface area (Å²) in [6.45, 7) is 2.08. The van der Waals surface area contributed by atoms with Crippen LogP contribution in [0.15, 0.2) is 42.6 Å². The van der Waals surface area contributed by atoms with E-state index in [-0.39, 0.29) is 0 Å². The van der Waals surface area contributed by atoms with Crippen LogP contribution in [0.5, 0.6) is 0 Å². The van der Waals surface area contributed by atoms with Crippen molar-refractivity contribution in [2.45, 2.75) is 6.92 Å². The fraction of sp³-hybridized carbons (Fsp3) is 0.125. The number of halogens is 1. The van der Waals surface area contributed by atoms with Gasteiger partial charge in [0.2, 0.25) is 0 Å². The summed E-state index contributed by atoms with van der Waals surface area (Å²) >= 11 is 6.19. The number of aromatic nitrogens is 2. The van der Waals surface area contributed by atoms with E-state index in [1.54, 1.807) is 19.2 Å². The lowest BCUT2D eigenvalue weighted by atomic mass is 10.1. The Kier molecular flexibility index (Phi) is 3.62. The third-order valence-electron chi connectivity index (χ3n) is 3.18. The standard InChI is InChI=1S/C16H13ClN2O2/c1-2-21-16(20)12-13(10-6-4-3-5-7-10)19-14-11(17)8-9-18-15(12)14/h3-9,19H,2H2,1H3. The largest absolute Gasteiger partial charge is 0.462 e. The molecule has 0 saturated carbocycles. The summed E-state index contributed by atoms with van der Waals surface area (Å²) in [6.07, 6.45) is 1.58. The predicted molar refractivity (Wildman–Crippen MR) is 82.5 cm³/mol. The van der Waals surface area contributed by atoms with Crippen LogP contribution in [0.3, 0.4) is 0 Å². The topological polar surface area (TPSA) is 55.0 Å². The molecule has 0 aliphatic carbocycles. The lowest BCUT2D eigenvalue weighted by Crippen LogP contribution is -2.06. The highest BCUT2D eigenvalue weighted by Crippen LogP contribution is 2.32. The van der Waals surface area contributed by atoms with E-state index < -0.39 is 5.97 Å².